The number of ether oxygens (including phenoxy) is 1. The molecule has 1 aromatic rings. The number of fused-ring (bicyclic) bond motifs is 1. The van der Waals surface area contributed by atoms with Crippen LogP contribution in [0.15, 0.2) is 18.2 Å². The first-order chi connectivity index (χ1) is 10.2. The van der Waals surface area contributed by atoms with Crippen LogP contribution in [0, 0.1) is 0 Å². The zero-order chi connectivity index (χ0) is 14.8. The van der Waals surface area contributed by atoms with Crippen molar-refractivity contribution < 1.29 is 14.3 Å². The van der Waals surface area contributed by atoms with E-state index >= 15 is 0 Å². The molecule has 0 radical (unpaired) electrons. The van der Waals surface area contributed by atoms with E-state index in [1.54, 1.807) is 18.2 Å². The Balaban J connectivity index is 1.78. The van der Waals surface area contributed by atoms with Gasteiger partial charge in [-0.1, -0.05) is 0 Å². The van der Waals surface area contributed by atoms with Crippen LogP contribution in [0.2, 0.25) is 0 Å². The summed E-state index contributed by atoms with van der Waals surface area (Å²) in [5, 5.41) is 5.96. The molecule has 0 aliphatic carbocycles. The van der Waals surface area contributed by atoms with E-state index in [9.17, 15) is 9.59 Å². The summed E-state index contributed by atoms with van der Waals surface area (Å²) in [7, 11) is 1.92. The molecule has 0 aromatic heterocycles. The van der Waals surface area contributed by atoms with Crippen molar-refractivity contribution >= 4 is 17.5 Å². The molecule has 0 bridgehead atoms. The van der Waals surface area contributed by atoms with Gasteiger partial charge in [0.15, 0.2) is 6.61 Å². The maximum Gasteiger partial charge on any atom is 0.262 e. The molecule has 0 spiro atoms. The van der Waals surface area contributed by atoms with Crippen molar-refractivity contribution in [1.29, 1.82) is 0 Å². The molecule has 6 nitrogen and oxygen atoms in total. The highest BCUT2D eigenvalue weighted by molar-refractivity contribution is 5.99. The van der Waals surface area contributed by atoms with E-state index in [4.69, 9.17) is 4.74 Å². The molecule has 1 aromatic carbocycles. The van der Waals surface area contributed by atoms with Crippen LogP contribution in [0.4, 0.5) is 5.69 Å². The van der Waals surface area contributed by atoms with E-state index < -0.39 is 0 Å². The lowest BCUT2D eigenvalue weighted by atomic mass is 10.0. The van der Waals surface area contributed by atoms with Crippen LogP contribution in [0.1, 0.15) is 23.2 Å². The maximum atomic E-state index is 12.6. The van der Waals surface area contributed by atoms with Gasteiger partial charge in [-0.15, -0.1) is 0 Å². The van der Waals surface area contributed by atoms with Gasteiger partial charge in [0.1, 0.15) is 5.75 Å². The molecule has 2 heterocycles. The van der Waals surface area contributed by atoms with Gasteiger partial charge in [-0.3, -0.25) is 9.59 Å². The van der Waals surface area contributed by atoms with Crippen molar-refractivity contribution in [3.63, 3.8) is 0 Å². The average molecular weight is 289 g/mol. The fourth-order valence-corrected chi connectivity index (χ4v) is 2.80. The molecule has 0 saturated carbocycles. The number of hydrogen-bond donors (Lipinski definition) is 2. The minimum absolute atomic E-state index is 0.00225. The van der Waals surface area contributed by atoms with Crippen molar-refractivity contribution in [1.82, 2.24) is 10.2 Å². The summed E-state index contributed by atoms with van der Waals surface area (Å²) < 4.78 is 5.30. The second-order valence-corrected chi connectivity index (χ2v) is 5.43. The van der Waals surface area contributed by atoms with E-state index in [0.717, 1.165) is 25.9 Å². The lowest BCUT2D eigenvalue weighted by Crippen LogP contribution is -2.47. The summed E-state index contributed by atoms with van der Waals surface area (Å²) in [6.07, 6.45) is 2.09. The highest BCUT2D eigenvalue weighted by atomic mass is 16.5. The van der Waals surface area contributed by atoms with Crippen LogP contribution in [0.25, 0.3) is 0 Å². The van der Waals surface area contributed by atoms with Crippen LogP contribution < -0.4 is 15.4 Å². The molecule has 2 amide bonds. The van der Waals surface area contributed by atoms with Crippen molar-refractivity contribution in [2.75, 3.05) is 32.1 Å². The largest absolute Gasteiger partial charge is 0.482 e. The highest BCUT2D eigenvalue weighted by Crippen LogP contribution is 2.29. The van der Waals surface area contributed by atoms with E-state index in [2.05, 4.69) is 10.6 Å². The molecule has 3 rings (SSSR count). The van der Waals surface area contributed by atoms with Crippen LogP contribution in [-0.4, -0.2) is 49.5 Å². The first-order valence-electron chi connectivity index (χ1n) is 7.20. The third-order valence-corrected chi connectivity index (χ3v) is 3.98. The molecule has 2 aliphatic rings. The molecule has 21 heavy (non-hydrogen) atoms. The van der Waals surface area contributed by atoms with E-state index in [1.165, 1.54) is 0 Å². The molecule has 2 aliphatic heterocycles. The van der Waals surface area contributed by atoms with Crippen molar-refractivity contribution in [3.8, 4) is 5.75 Å². The number of anilines is 1. The van der Waals surface area contributed by atoms with E-state index in [1.807, 2.05) is 11.9 Å². The number of amides is 2. The Bertz CT molecular complexity index is 573. The normalized spacial score (nSPS) is 21.3. The first-order valence-corrected chi connectivity index (χ1v) is 7.20. The number of likely N-dealkylation sites (N-methyl/N-ethyl adjacent to an activating group) is 1. The molecule has 112 valence electrons. The molecule has 1 saturated heterocycles. The monoisotopic (exact) mass is 289 g/mol. The third-order valence-electron chi connectivity index (χ3n) is 3.98. The smallest absolute Gasteiger partial charge is 0.262 e. The Hall–Kier alpha value is -2.08. The van der Waals surface area contributed by atoms with Gasteiger partial charge in [-0.05, 0) is 38.1 Å². The van der Waals surface area contributed by atoms with Gasteiger partial charge in [0.05, 0.1) is 5.69 Å². The molecular formula is C15H19N3O3. The number of likely N-dealkylation sites (tertiary alicyclic amines) is 1. The number of carbonyl (C=O) groups is 2. The number of nitrogens with zero attached hydrogens (tertiary/aromatic N) is 1. The number of rotatable bonds is 2. The molecular weight excluding hydrogens is 270 g/mol. The van der Waals surface area contributed by atoms with Gasteiger partial charge < -0.3 is 20.3 Å². The zero-order valence-electron chi connectivity index (χ0n) is 12.0. The standard InChI is InChI=1S/C15H19N3O3/c1-16-11-3-2-6-18(8-11)15(20)10-4-5-13-12(7-10)17-14(19)9-21-13/h4-5,7,11,16H,2-3,6,8-9H2,1H3,(H,17,19). The second-order valence-electron chi connectivity index (χ2n) is 5.43. The Morgan fingerprint density at radius 3 is 3.14 bits per heavy atom. The average Bonchev–Trinajstić information content (AvgIpc) is 2.53. The SMILES string of the molecule is CNC1CCCN(C(=O)c2ccc3c(c2)NC(=O)CO3)C1. The lowest BCUT2D eigenvalue weighted by molar-refractivity contribution is -0.118. The maximum absolute atomic E-state index is 12.6. The summed E-state index contributed by atoms with van der Waals surface area (Å²) in [5.41, 5.74) is 1.15. The van der Waals surface area contributed by atoms with Crippen molar-refractivity contribution in [3.05, 3.63) is 23.8 Å². The summed E-state index contributed by atoms with van der Waals surface area (Å²) in [6, 6.07) is 5.53. The molecule has 1 fully saturated rings. The minimum Gasteiger partial charge on any atom is -0.482 e. The molecule has 6 heteroatoms. The molecule has 1 atom stereocenters. The van der Waals surface area contributed by atoms with Gasteiger partial charge >= 0.3 is 0 Å². The number of benzene rings is 1. The highest BCUT2D eigenvalue weighted by Gasteiger charge is 2.25. The second kappa shape index (κ2) is 5.73. The van der Waals surface area contributed by atoms with E-state index in [-0.39, 0.29) is 18.4 Å². The Kier molecular flexibility index (Phi) is 3.79. The number of piperidine rings is 1. The third kappa shape index (κ3) is 2.85. The van der Waals surface area contributed by atoms with Crippen LogP contribution in [-0.2, 0) is 4.79 Å². The van der Waals surface area contributed by atoms with Crippen molar-refractivity contribution in [2.45, 2.75) is 18.9 Å². The fourth-order valence-electron chi connectivity index (χ4n) is 2.80. The van der Waals surface area contributed by atoms with Gasteiger partial charge in [0.2, 0.25) is 0 Å². The minimum atomic E-state index is -0.194. The van der Waals surface area contributed by atoms with Gasteiger partial charge in [-0.25, -0.2) is 0 Å². The Labute approximate surface area is 123 Å². The number of hydrogen-bond acceptors (Lipinski definition) is 4. The first kappa shape index (κ1) is 13.9. The lowest BCUT2D eigenvalue weighted by Gasteiger charge is -2.32. The zero-order valence-corrected chi connectivity index (χ0v) is 12.0. The van der Waals surface area contributed by atoms with Crippen LogP contribution >= 0.6 is 0 Å². The predicted octanol–water partition coefficient (Wildman–Crippen LogP) is 0.841. The summed E-state index contributed by atoms with van der Waals surface area (Å²) in [6.45, 7) is 1.52. The summed E-state index contributed by atoms with van der Waals surface area (Å²) >= 11 is 0. The van der Waals surface area contributed by atoms with E-state index in [0.29, 0.717) is 23.0 Å². The molecule has 2 N–H and O–H groups in total. The number of carbonyl (C=O) groups excluding carboxylic acids is 2. The van der Waals surface area contributed by atoms with Crippen LogP contribution in [0.5, 0.6) is 5.75 Å². The summed E-state index contributed by atoms with van der Waals surface area (Å²) in [5.74, 6) is 0.413. The Morgan fingerprint density at radius 1 is 1.48 bits per heavy atom. The Morgan fingerprint density at radius 2 is 2.33 bits per heavy atom. The van der Waals surface area contributed by atoms with Gasteiger partial charge in [0, 0.05) is 24.7 Å². The van der Waals surface area contributed by atoms with Crippen molar-refractivity contribution in [2.24, 2.45) is 0 Å². The summed E-state index contributed by atoms with van der Waals surface area (Å²) in [4.78, 5) is 25.8. The van der Waals surface area contributed by atoms with Gasteiger partial charge in [0.25, 0.3) is 11.8 Å². The quantitative estimate of drug-likeness (QED) is 0.846. The topological polar surface area (TPSA) is 70.7 Å². The molecule has 1 unspecified atom stereocenters. The number of nitrogens with one attached hydrogen (secondary N) is 2. The van der Waals surface area contributed by atoms with Gasteiger partial charge in [-0.2, -0.15) is 0 Å². The predicted molar refractivity (Wildman–Crippen MR) is 78.6 cm³/mol. The fraction of sp³-hybridized carbons (Fsp3) is 0.467. The van der Waals surface area contributed by atoms with Crippen LogP contribution in [0.3, 0.4) is 0 Å².